The van der Waals surface area contributed by atoms with E-state index in [2.05, 4.69) is 11.9 Å². The summed E-state index contributed by atoms with van der Waals surface area (Å²) in [7, 11) is -3.66. The van der Waals surface area contributed by atoms with E-state index in [1.54, 1.807) is 12.1 Å². The molecule has 1 aliphatic rings. The van der Waals surface area contributed by atoms with Gasteiger partial charge in [0.1, 0.15) is 5.76 Å². The molecular weight excluding hydrogens is 302 g/mol. The number of aliphatic hydroxyl groups excluding tert-OH is 1. The molecule has 0 spiro atoms. The summed E-state index contributed by atoms with van der Waals surface area (Å²) in [4.78, 5) is 0.129. The van der Waals surface area contributed by atoms with Crippen molar-refractivity contribution in [2.45, 2.75) is 11.3 Å². The van der Waals surface area contributed by atoms with Crippen LogP contribution >= 0.6 is 0 Å². The van der Waals surface area contributed by atoms with Gasteiger partial charge in [0.15, 0.2) is 0 Å². The summed E-state index contributed by atoms with van der Waals surface area (Å²) in [6, 6.07) is 4.73. The van der Waals surface area contributed by atoms with Crippen LogP contribution in [-0.4, -0.2) is 44.0 Å². The van der Waals surface area contributed by atoms with Gasteiger partial charge in [-0.3, -0.25) is 0 Å². The van der Waals surface area contributed by atoms with Crippen molar-refractivity contribution in [1.82, 2.24) is 9.62 Å². The molecule has 1 aliphatic heterocycles. The molecule has 1 saturated heterocycles. The Morgan fingerprint density at radius 3 is 2.82 bits per heavy atom. The summed E-state index contributed by atoms with van der Waals surface area (Å²) < 4.78 is 27.3. The number of hydrogen-bond donors (Lipinski definition) is 3. The summed E-state index contributed by atoms with van der Waals surface area (Å²) >= 11 is 0. The fourth-order valence-electron chi connectivity index (χ4n) is 2.49. The van der Waals surface area contributed by atoms with Crippen LogP contribution in [0.2, 0.25) is 0 Å². The van der Waals surface area contributed by atoms with E-state index >= 15 is 0 Å². The van der Waals surface area contributed by atoms with Crippen LogP contribution in [-0.2, 0) is 10.0 Å². The third kappa shape index (κ3) is 3.32. The number of hydrogen-bond acceptors (Lipinski definition) is 5. The van der Waals surface area contributed by atoms with Crippen LogP contribution in [0.15, 0.2) is 35.9 Å². The van der Waals surface area contributed by atoms with Crippen molar-refractivity contribution < 1.29 is 13.5 Å². The number of rotatable bonds is 4. The summed E-state index contributed by atoms with van der Waals surface area (Å²) in [5, 5.41) is 12.9. The zero-order valence-corrected chi connectivity index (χ0v) is 13.1. The van der Waals surface area contributed by atoms with Crippen molar-refractivity contribution in [3.63, 3.8) is 0 Å². The molecule has 1 heterocycles. The molecule has 0 amide bonds. The minimum Gasteiger partial charge on any atom is -0.508 e. The maximum Gasteiger partial charge on any atom is 0.243 e. The van der Waals surface area contributed by atoms with Gasteiger partial charge in [0, 0.05) is 30.8 Å². The normalized spacial score (nSPS) is 17.5. The lowest BCUT2D eigenvalue weighted by atomic mass is 10.1. The monoisotopic (exact) mass is 323 g/mol. The third-order valence-electron chi connectivity index (χ3n) is 3.56. The molecule has 1 fully saturated rings. The van der Waals surface area contributed by atoms with Gasteiger partial charge in [-0.1, -0.05) is 18.7 Å². The number of nitrogens with two attached hydrogens (primary N) is 1. The smallest absolute Gasteiger partial charge is 0.243 e. The molecule has 6 nitrogen and oxygen atoms in total. The number of nitrogens with zero attached hydrogens (tertiary/aromatic N) is 1. The highest BCUT2D eigenvalue weighted by Gasteiger charge is 2.28. The Kier molecular flexibility index (Phi) is 5.23. The van der Waals surface area contributed by atoms with Crippen molar-refractivity contribution in [3.8, 4) is 0 Å². The lowest BCUT2D eigenvalue weighted by molar-refractivity contribution is 0.432. The number of aliphatic hydroxyl groups is 1. The van der Waals surface area contributed by atoms with Crippen molar-refractivity contribution in [3.05, 3.63) is 42.1 Å². The van der Waals surface area contributed by atoms with E-state index in [1.807, 2.05) is 0 Å². The Morgan fingerprint density at radius 2 is 2.14 bits per heavy atom. The fourth-order valence-corrected chi connectivity index (χ4v) is 4.17. The molecule has 0 atom stereocenters. The molecule has 0 bridgehead atoms. The maximum absolute atomic E-state index is 12.9. The lowest BCUT2D eigenvalue weighted by Crippen LogP contribution is -2.34. The summed E-state index contributed by atoms with van der Waals surface area (Å²) in [5.74, 6) is -0.192. The van der Waals surface area contributed by atoms with Crippen LogP contribution < -0.4 is 11.1 Å². The minimum atomic E-state index is -3.66. The topological polar surface area (TPSA) is 95.7 Å². The SMILES string of the molecule is C=C(O)c1cccc(S(=O)(=O)N2CCCNCC2)c1/C=C\N. The molecular formula is C15H21N3O3S. The average molecular weight is 323 g/mol. The number of nitrogens with one attached hydrogen (secondary N) is 1. The van der Waals surface area contributed by atoms with Crippen molar-refractivity contribution in [2.75, 3.05) is 26.2 Å². The van der Waals surface area contributed by atoms with Gasteiger partial charge in [0.05, 0.1) is 4.90 Å². The fraction of sp³-hybridized carbons (Fsp3) is 0.333. The highest BCUT2D eigenvalue weighted by molar-refractivity contribution is 7.89. The molecule has 4 N–H and O–H groups in total. The predicted octanol–water partition coefficient (Wildman–Crippen LogP) is 1.13. The second-order valence-corrected chi connectivity index (χ2v) is 6.94. The summed E-state index contributed by atoms with van der Waals surface area (Å²) in [6.45, 7) is 5.78. The van der Waals surface area contributed by atoms with Crippen LogP contribution in [0.4, 0.5) is 0 Å². The summed E-state index contributed by atoms with van der Waals surface area (Å²) in [6.07, 6.45) is 3.48. The van der Waals surface area contributed by atoms with E-state index in [-0.39, 0.29) is 10.7 Å². The van der Waals surface area contributed by atoms with Crippen LogP contribution in [0.1, 0.15) is 17.5 Å². The van der Waals surface area contributed by atoms with Gasteiger partial charge in [-0.2, -0.15) is 4.31 Å². The first-order chi connectivity index (χ1) is 10.5. The zero-order valence-electron chi connectivity index (χ0n) is 12.3. The second-order valence-electron chi connectivity index (χ2n) is 5.03. The first-order valence-electron chi connectivity index (χ1n) is 7.09. The molecule has 22 heavy (non-hydrogen) atoms. The van der Waals surface area contributed by atoms with Gasteiger partial charge >= 0.3 is 0 Å². The van der Waals surface area contributed by atoms with Gasteiger partial charge in [0.25, 0.3) is 0 Å². The van der Waals surface area contributed by atoms with Crippen LogP contribution in [0.3, 0.4) is 0 Å². The molecule has 1 aromatic carbocycles. The first-order valence-corrected chi connectivity index (χ1v) is 8.53. The Morgan fingerprint density at radius 1 is 1.36 bits per heavy atom. The van der Waals surface area contributed by atoms with Gasteiger partial charge in [0.2, 0.25) is 10.0 Å². The van der Waals surface area contributed by atoms with Crippen LogP contribution in [0.25, 0.3) is 11.8 Å². The van der Waals surface area contributed by atoms with E-state index in [9.17, 15) is 13.5 Å². The second kappa shape index (κ2) is 6.95. The Labute approximate surface area is 131 Å². The average Bonchev–Trinajstić information content (AvgIpc) is 2.77. The maximum atomic E-state index is 12.9. The third-order valence-corrected chi connectivity index (χ3v) is 5.51. The van der Waals surface area contributed by atoms with Gasteiger partial charge < -0.3 is 16.2 Å². The Balaban J connectivity index is 2.54. The van der Waals surface area contributed by atoms with E-state index in [0.717, 1.165) is 13.0 Å². The molecule has 0 aliphatic carbocycles. The Hall–Kier alpha value is -1.83. The predicted molar refractivity (Wildman–Crippen MR) is 87.6 cm³/mol. The largest absolute Gasteiger partial charge is 0.508 e. The van der Waals surface area contributed by atoms with E-state index in [4.69, 9.17) is 5.73 Å². The lowest BCUT2D eigenvalue weighted by Gasteiger charge is -2.21. The molecule has 0 saturated carbocycles. The highest BCUT2D eigenvalue weighted by atomic mass is 32.2. The van der Waals surface area contributed by atoms with E-state index < -0.39 is 10.0 Å². The molecule has 1 aromatic rings. The Bertz CT molecular complexity index is 675. The zero-order chi connectivity index (χ0) is 16.2. The van der Waals surface area contributed by atoms with Crippen molar-refractivity contribution >= 4 is 21.9 Å². The van der Waals surface area contributed by atoms with Gasteiger partial charge in [-0.15, -0.1) is 0 Å². The van der Waals surface area contributed by atoms with Crippen molar-refractivity contribution in [1.29, 1.82) is 0 Å². The van der Waals surface area contributed by atoms with Gasteiger partial charge in [-0.05, 0) is 31.3 Å². The van der Waals surface area contributed by atoms with Crippen LogP contribution in [0.5, 0.6) is 0 Å². The number of sulfonamides is 1. The first kappa shape index (κ1) is 16.5. The molecule has 7 heteroatoms. The standard InChI is InChI=1S/C15H21N3O3S/c1-12(19)13-4-2-5-15(14(13)6-7-16)22(20,21)18-10-3-8-17-9-11-18/h2,4-7,17,19H,1,3,8-11,16H2/b7-6-. The van der Waals surface area contributed by atoms with Crippen LogP contribution in [0, 0.1) is 0 Å². The quantitative estimate of drug-likeness (QED) is 0.722. The molecule has 0 unspecified atom stereocenters. The molecule has 0 radical (unpaired) electrons. The number of benzene rings is 1. The highest BCUT2D eigenvalue weighted by Crippen LogP contribution is 2.27. The molecule has 2 rings (SSSR count). The van der Waals surface area contributed by atoms with E-state index in [0.29, 0.717) is 30.8 Å². The molecule has 120 valence electrons. The molecule has 0 aromatic heterocycles. The van der Waals surface area contributed by atoms with Gasteiger partial charge in [-0.25, -0.2) is 8.42 Å². The summed E-state index contributed by atoms with van der Waals surface area (Å²) in [5.41, 5.74) is 6.15. The van der Waals surface area contributed by atoms with Crippen molar-refractivity contribution in [2.24, 2.45) is 5.73 Å². The minimum absolute atomic E-state index is 0.129. The van der Waals surface area contributed by atoms with E-state index in [1.165, 1.54) is 22.6 Å².